The van der Waals surface area contributed by atoms with Gasteiger partial charge in [0.2, 0.25) is 5.43 Å². The molecule has 5 aromatic rings. The number of aromatic hydroxyl groups is 8. The molecule has 0 spiro atoms. The fourth-order valence-corrected chi connectivity index (χ4v) is 7.60. The molecule has 6 rings (SSSR count). The lowest BCUT2D eigenvalue weighted by Crippen LogP contribution is -2.32. The largest absolute Gasteiger partial charge is 0.508 e. The summed E-state index contributed by atoms with van der Waals surface area (Å²) in [5, 5.41) is 87.4. The molecule has 3 atom stereocenters. The molecule has 1 aliphatic rings. The molecule has 1 heterocycles. The highest BCUT2D eigenvalue weighted by molar-refractivity contribution is 6.03. The number of carbonyl (C=O) groups is 1. The van der Waals surface area contributed by atoms with Gasteiger partial charge in [0.15, 0.2) is 5.78 Å². The minimum Gasteiger partial charge on any atom is -0.508 e. The zero-order valence-corrected chi connectivity index (χ0v) is 31.6. The molecule has 0 saturated heterocycles. The van der Waals surface area contributed by atoms with Gasteiger partial charge in [0.05, 0.1) is 11.1 Å². The third-order valence-corrected chi connectivity index (χ3v) is 10.3. The van der Waals surface area contributed by atoms with Gasteiger partial charge in [-0.25, -0.2) is 0 Å². The van der Waals surface area contributed by atoms with E-state index in [0.29, 0.717) is 0 Å². The number of ketones is 1. The van der Waals surface area contributed by atoms with Crippen LogP contribution in [-0.4, -0.2) is 46.6 Å². The first-order valence-corrected chi connectivity index (χ1v) is 18.1. The Hall–Kier alpha value is -6.62. The molecular formula is C45H44O11. The summed E-state index contributed by atoms with van der Waals surface area (Å²) in [4.78, 5) is 29.6. The quantitative estimate of drug-likeness (QED) is 0.0526. The van der Waals surface area contributed by atoms with Gasteiger partial charge in [-0.15, -0.1) is 0 Å². The Morgan fingerprint density at radius 2 is 1.36 bits per heavy atom. The molecule has 1 aromatic heterocycles. The minimum absolute atomic E-state index is 0.0346. The molecule has 0 aliphatic heterocycles. The van der Waals surface area contributed by atoms with Crippen LogP contribution in [0.1, 0.15) is 85.5 Å². The first kappa shape index (κ1) is 39.1. The summed E-state index contributed by atoms with van der Waals surface area (Å²) in [7, 11) is 0. The second-order valence-electron chi connectivity index (χ2n) is 14.9. The summed E-state index contributed by atoms with van der Waals surface area (Å²) in [5.74, 6) is -6.93. The van der Waals surface area contributed by atoms with Gasteiger partial charge in [0, 0.05) is 52.6 Å². The summed E-state index contributed by atoms with van der Waals surface area (Å²) in [6.07, 6.45) is 5.64. The van der Waals surface area contributed by atoms with E-state index in [1.165, 1.54) is 36.4 Å². The molecule has 290 valence electrons. The summed E-state index contributed by atoms with van der Waals surface area (Å²) in [6, 6.07) is 11.4. The topological polar surface area (TPSA) is 209 Å². The maximum absolute atomic E-state index is 15.1. The first-order valence-electron chi connectivity index (χ1n) is 18.1. The third-order valence-electron chi connectivity index (χ3n) is 10.3. The monoisotopic (exact) mass is 760 g/mol. The van der Waals surface area contributed by atoms with Gasteiger partial charge in [-0.05, 0) is 89.8 Å². The molecule has 0 bridgehead atoms. The van der Waals surface area contributed by atoms with Crippen molar-refractivity contribution in [2.24, 2.45) is 5.92 Å². The summed E-state index contributed by atoms with van der Waals surface area (Å²) in [6.45, 7) is 9.17. The van der Waals surface area contributed by atoms with Crippen LogP contribution in [0.4, 0.5) is 0 Å². The molecule has 0 saturated carbocycles. The highest BCUT2D eigenvalue weighted by atomic mass is 16.3. The first-order chi connectivity index (χ1) is 26.5. The zero-order valence-electron chi connectivity index (χ0n) is 31.6. The highest BCUT2D eigenvalue weighted by Crippen LogP contribution is 2.53. The van der Waals surface area contributed by atoms with Crippen LogP contribution in [-0.2, 0) is 12.8 Å². The van der Waals surface area contributed by atoms with Crippen LogP contribution in [0.5, 0.6) is 46.0 Å². The van der Waals surface area contributed by atoms with Gasteiger partial charge < -0.3 is 45.3 Å². The Morgan fingerprint density at radius 3 is 1.98 bits per heavy atom. The number of carbonyl (C=O) groups excluding carboxylic acids is 1. The number of hydrogen-bond acceptors (Lipinski definition) is 11. The van der Waals surface area contributed by atoms with Crippen molar-refractivity contribution in [1.29, 1.82) is 0 Å². The van der Waals surface area contributed by atoms with Crippen LogP contribution in [0.25, 0.3) is 22.3 Å². The number of fused-ring (bicyclic) bond motifs is 1. The Kier molecular flexibility index (Phi) is 10.6. The Bertz CT molecular complexity index is 2550. The maximum Gasteiger partial charge on any atom is 0.200 e. The second kappa shape index (κ2) is 15.3. The number of phenolic OH excluding ortho intramolecular Hbond substituents is 8. The van der Waals surface area contributed by atoms with E-state index < -0.39 is 52.0 Å². The van der Waals surface area contributed by atoms with Gasteiger partial charge in [-0.2, -0.15) is 0 Å². The second-order valence-corrected chi connectivity index (χ2v) is 14.9. The number of Topliss-reactive ketones (excluding diaryl/α,β-unsaturated/α-hetero) is 1. The predicted octanol–water partition coefficient (Wildman–Crippen LogP) is 8.84. The summed E-state index contributed by atoms with van der Waals surface area (Å²) < 4.78 is 6.52. The zero-order chi connectivity index (χ0) is 40.7. The van der Waals surface area contributed by atoms with Crippen molar-refractivity contribution in [3.8, 4) is 57.3 Å². The van der Waals surface area contributed by atoms with Crippen LogP contribution in [0.2, 0.25) is 0 Å². The molecule has 11 nitrogen and oxygen atoms in total. The molecule has 1 unspecified atom stereocenters. The number of hydrogen-bond donors (Lipinski definition) is 8. The lowest BCUT2D eigenvalue weighted by molar-refractivity contribution is 0.0877. The fraction of sp³-hybridized carbons (Fsp3) is 0.244. The molecular weight excluding hydrogens is 716 g/mol. The van der Waals surface area contributed by atoms with Crippen LogP contribution in [0.3, 0.4) is 0 Å². The van der Waals surface area contributed by atoms with Gasteiger partial charge >= 0.3 is 0 Å². The van der Waals surface area contributed by atoms with E-state index in [1.54, 1.807) is 25.2 Å². The molecule has 11 heteroatoms. The van der Waals surface area contributed by atoms with Crippen molar-refractivity contribution in [2.75, 3.05) is 0 Å². The highest BCUT2D eigenvalue weighted by Gasteiger charge is 2.44. The lowest BCUT2D eigenvalue weighted by Gasteiger charge is -2.37. The number of phenols is 8. The standard InChI is InChI=1S/C45H44O11/c1-21(2)6-10-27-33(48)15-14-29(41(27)53)42(54)38-31(26-12-8-24(46)18-34(26)49)16-23(5)17-32(38)39-36(51)20-37(52)40-43(55)30(11-7-22(3)4)44(56-45(39)40)28-13-9-25(47)19-35(28)50/h6-9,12-15,17-20,31-32,38,46-53H,10-11,16H2,1-5H3/t31-,32?,38-/m0/s1. The Balaban J connectivity index is 1.69. The van der Waals surface area contributed by atoms with E-state index in [1.807, 2.05) is 27.7 Å². The van der Waals surface area contributed by atoms with E-state index >= 15 is 4.79 Å². The lowest BCUT2D eigenvalue weighted by atomic mass is 9.65. The van der Waals surface area contributed by atoms with Crippen molar-refractivity contribution in [3.63, 3.8) is 0 Å². The Labute approximate surface area is 322 Å². The number of benzene rings is 4. The van der Waals surface area contributed by atoms with E-state index in [0.717, 1.165) is 34.9 Å². The molecule has 8 N–H and O–H groups in total. The maximum atomic E-state index is 15.1. The van der Waals surface area contributed by atoms with Gasteiger partial charge in [0.1, 0.15) is 62.7 Å². The van der Waals surface area contributed by atoms with E-state index in [-0.39, 0.29) is 92.4 Å². The van der Waals surface area contributed by atoms with Crippen molar-refractivity contribution in [1.82, 2.24) is 0 Å². The van der Waals surface area contributed by atoms with Crippen LogP contribution >= 0.6 is 0 Å². The summed E-state index contributed by atoms with van der Waals surface area (Å²) in [5.41, 5.74) is 1.85. The molecule has 0 amide bonds. The van der Waals surface area contributed by atoms with Crippen LogP contribution in [0.15, 0.2) is 98.8 Å². The molecule has 0 fully saturated rings. The smallest absolute Gasteiger partial charge is 0.200 e. The van der Waals surface area contributed by atoms with Crippen LogP contribution in [0, 0.1) is 5.92 Å². The SMILES string of the molecule is CC(C)=CCc1c(O)ccc(C(=O)[C@@H]2C(c3c(O)cc(O)c4c(=O)c(CC=C(C)C)c(-c5ccc(O)cc5O)oc34)C=C(C)C[C@H]2c2ccc(O)cc2O)c1O. The molecule has 56 heavy (non-hydrogen) atoms. The average molecular weight is 761 g/mol. The summed E-state index contributed by atoms with van der Waals surface area (Å²) >= 11 is 0. The molecule has 4 aromatic carbocycles. The number of rotatable bonds is 9. The predicted molar refractivity (Wildman–Crippen MR) is 212 cm³/mol. The van der Waals surface area contributed by atoms with Crippen molar-refractivity contribution >= 4 is 16.8 Å². The molecule has 1 aliphatic carbocycles. The van der Waals surface area contributed by atoms with E-state index in [9.17, 15) is 45.6 Å². The van der Waals surface area contributed by atoms with Gasteiger partial charge in [-0.3, -0.25) is 9.59 Å². The van der Waals surface area contributed by atoms with E-state index in [4.69, 9.17) is 4.42 Å². The van der Waals surface area contributed by atoms with Gasteiger partial charge in [0.25, 0.3) is 0 Å². The van der Waals surface area contributed by atoms with Crippen molar-refractivity contribution in [3.05, 3.63) is 128 Å². The third kappa shape index (κ3) is 7.27. The van der Waals surface area contributed by atoms with E-state index in [2.05, 4.69) is 0 Å². The van der Waals surface area contributed by atoms with Crippen LogP contribution < -0.4 is 5.43 Å². The minimum atomic E-state index is -1.24. The normalized spacial score (nSPS) is 16.7. The van der Waals surface area contributed by atoms with Gasteiger partial charge in [-0.1, -0.05) is 41.0 Å². The molecule has 0 radical (unpaired) electrons. The average Bonchev–Trinajstić information content (AvgIpc) is 3.10. The fourth-order valence-electron chi connectivity index (χ4n) is 7.60. The number of allylic oxidation sites excluding steroid dienone is 6. The van der Waals surface area contributed by atoms with Crippen molar-refractivity contribution in [2.45, 2.75) is 65.7 Å². The van der Waals surface area contributed by atoms with Crippen molar-refractivity contribution < 1.29 is 50.1 Å². The Morgan fingerprint density at radius 1 is 0.732 bits per heavy atom.